The van der Waals surface area contributed by atoms with Crippen LogP contribution in [0.3, 0.4) is 0 Å². The summed E-state index contributed by atoms with van der Waals surface area (Å²) in [4.78, 5) is 13.4. The second-order valence-corrected chi connectivity index (χ2v) is 7.49. The lowest BCUT2D eigenvalue weighted by molar-refractivity contribution is -0.0347. The Balaban J connectivity index is 1.65. The average molecular weight is 396 g/mol. The van der Waals surface area contributed by atoms with E-state index in [1.165, 1.54) is 12.1 Å². The molecule has 1 saturated heterocycles. The molecule has 1 aromatic carbocycles. The molecule has 7 nitrogen and oxygen atoms in total. The van der Waals surface area contributed by atoms with Gasteiger partial charge in [-0.25, -0.2) is 14.4 Å². The zero-order valence-corrected chi connectivity index (χ0v) is 16.9. The fourth-order valence-corrected chi connectivity index (χ4v) is 3.55. The van der Waals surface area contributed by atoms with Crippen LogP contribution in [0.5, 0.6) is 0 Å². The van der Waals surface area contributed by atoms with Gasteiger partial charge in [-0.05, 0) is 17.7 Å². The van der Waals surface area contributed by atoms with Gasteiger partial charge in [0.15, 0.2) is 0 Å². The molecule has 0 amide bonds. The van der Waals surface area contributed by atoms with Crippen molar-refractivity contribution >= 4 is 5.95 Å². The summed E-state index contributed by atoms with van der Waals surface area (Å²) in [5, 5.41) is 4.25. The van der Waals surface area contributed by atoms with Crippen LogP contribution in [0.25, 0.3) is 11.1 Å². The van der Waals surface area contributed by atoms with E-state index < -0.39 is 0 Å². The summed E-state index contributed by atoms with van der Waals surface area (Å²) in [6.07, 6.45) is 5.45. The molecular weight excluding hydrogens is 371 g/mol. The monoisotopic (exact) mass is 396 g/mol. The van der Waals surface area contributed by atoms with Crippen LogP contribution in [-0.2, 0) is 18.3 Å². The van der Waals surface area contributed by atoms with E-state index >= 15 is 0 Å². The number of hydrogen-bond acceptors (Lipinski definition) is 6. The third kappa shape index (κ3) is 4.44. The van der Waals surface area contributed by atoms with Crippen molar-refractivity contribution in [1.29, 1.82) is 0 Å². The zero-order chi connectivity index (χ0) is 20.4. The second-order valence-electron chi connectivity index (χ2n) is 7.49. The van der Waals surface area contributed by atoms with Gasteiger partial charge in [-0.15, -0.1) is 0 Å². The molecule has 8 heteroatoms. The molecule has 1 fully saturated rings. The quantitative estimate of drug-likeness (QED) is 0.661. The topological polar surface area (TPSA) is 59.3 Å². The molecule has 3 aromatic rings. The first-order chi connectivity index (χ1) is 14.0. The second kappa shape index (κ2) is 8.26. The number of morpholine rings is 1. The van der Waals surface area contributed by atoms with Crippen molar-refractivity contribution < 1.29 is 9.13 Å². The molecule has 0 aliphatic carbocycles. The average Bonchev–Trinajstić information content (AvgIpc) is 3.12. The standard InChI is InChI=1S/C21H25FN6O/c1-26(2)21-23-11-18(16-5-4-6-17(22)9-16)20(25-21)19-14-28(7-8-29-19)13-15-10-24-27(3)12-15/h4-6,9-12,19H,7-8,13-14H2,1-3H3. The van der Waals surface area contributed by atoms with Gasteiger partial charge >= 0.3 is 0 Å². The minimum atomic E-state index is -0.284. The number of rotatable bonds is 5. The zero-order valence-electron chi connectivity index (χ0n) is 16.9. The Morgan fingerprint density at radius 2 is 2.14 bits per heavy atom. The molecule has 0 N–H and O–H groups in total. The van der Waals surface area contributed by atoms with E-state index in [2.05, 4.69) is 15.0 Å². The summed E-state index contributed by atoms with van der Waals surface area (Å²) in [6.45, 7) is 2.94. The van der Waals surface area contributed by atoms with E-state index in [0.717, 1.165) is 35.5 Å². The van der Waals surface area contributed by atoms with Crippen LogP contribution in [0.4, 0.5) is 10.3 Å². The largest absolute Gasteiger partial charge is 0.369 e. The maximum atomic E-state index is 13.8. The van der Waals surface area contributed by atoms with Crippen LogP contribution >= 0.6 is 0 Å². The highest BCUT2D eigenvalue weighted by molar-refractivity contribution is 5.66. The number of anilines is 1. The van der Waals surface area contributed by atoms with Crippen molar-refractivity contribution in [2.24, 2.45) is 7.05 Å². The van der Waals surface area contributed by atoms with Crippen molar-refractivity contribution in [1.82, 2.24) is 24.6 Å². The third-order valence-corrected chi connectivity index (χ3v) is 4.96. The Morgan fingerprint density at radius 3 is 2.86 bits per heavy atom. The summed E-state index contributed by atoms with van der Waals surface area (Å²) in [5.41, 5.74) is 3.49. The molecule has 0 spiro atoms. The van der Waals surface area contributed by atoms with Gasteiger partial charge in [0.2, 0.25) is 5.95 Å². The maximum Gasteiger partial charge on any atom is 0.225 e. The fraction of sp³-hybridized carbons (Fsp3) is 0.381. The van der Waals surface area contributed by atoms with E-state index in [9.17, 15) is 4.39 Å². The number of aryl methyl sites for hydroxylation is 1. The van der Waals surface area contributed by atoms with Crippen LogP contribution in [-0.4, -0.2) is 58.4 Å². The maximum absolute atomic E-state index is 13.8. The summed E-state index contributed by atoms with van der Waals surface area (Å²) >= 11 is 0. The molecule has 2 aromatic heterocycles. The number of hydrogen-bond donors (Lipinski definition) is 0. The van der Waals surface area contributed by atoms with Crippen molar-refractivity contribution in [3.63, 3.8) is 0 Å². The lowest BCUT2D eigenvalue weighted by Crippen LogP contribution is -2.38. The van der Waals surface area contributed by atoms with E-state index in [4.69, 9.17) is 9.72 Å². The highest BCUT2D eigenvalue weighted by Gasteiger charge is 2.27. The lowest BCUT2D eigenvalue weighted by atomic mass is 10.0. The van der Waals surface area contributed by atoms with E-state index in [1.54, 1.807) is 12.3 Å². The lowest BCUT2D eigenvalue weighted by Gasteiger charge is -2.33. The third-order valence-electron chi connectivity index (χ3n) is 4.96. The van der Waals surface area contributed by atoms with Gasteiger partial charge in [0.05, 0.1) is 18.5 Å². The van der Waals surface area contributed by atoms with Crippen molar-refractivity contribution in [3.8, 4) is 11.1 Å². The van der Waals surface area contributed by atoms with E-state index in [-0.39, 0.29) is 11.9 Å². The molecule has 29 heavy (non-hydrogen) atoms. The summed E-state index contributed by atoms with van der Waals surface area (Å²) in [6, 6.07) is 6.51. The molecule has 152 valence electrons. The summed E-state index contributed by atoms with van der Waals surface area (Å²) in [5.74, 6) is 0.320. The molecule has 1 aliphatic heterocycles. The predicted molar refractivity (Wildman–Crippen MR) is 109 cm³/mol. The van der Waals surface area contributed by atoms with Crippen LogP contribution in [0.2, 0.25) is 0 Å². The minimum Gasteiger partial charge on any atom is -0.369 e. The van der Waals surface area contributed by atoms with Crippen LogP contribution in [0.1, 0.15) is 17.4 Å². The Kier molecular flexibility index (Phi) is 5.55. The number of benzene rings is 1. The van der Waals surface area contributed by atoms with Gasteiger partial charge in [-0.1, -0.05) is 12.1 Å². The molecule has 1 aliphatic rings. The van der Waals surface area contributed by atoms with E-state index in [1.807, 2.05) is 49.2 Å². The van der Waals surface area contributed by atoms with Gasteiger partial charge < -0.3 is 9.64 Å². The molecule has 1 unspecified atom stereocenters. The van der Waals surface area contributed by atoms with E-state index in [0.29, 0.717) is 19.1 Å². The van der Waals surface area contributed by atoms with Gasteiger partial charge in [-0.3, -0.25) is 9.58 Å². The molecule has 1 atom stereocenters. The smallest absolute Gasteiger partial charge is 0.225 e. The fourth-order valence-electron chi connectivity index (χ4n) is 3.55. The molecule has 0 radical (unpaired) electrons. The Morgan fingerprint density at radius 1 is 1.28 bits per heavy atom. The first-order valence-corrected chi connectivity index (χ1v) is 9.61. The van der Waals surface area contributed by atoms with Crippen molar-refractivity contribution in [3.05, 3.63) is 59.9 Å². The van der Waals surface area contributed by atoms with Crippen molar-refractivity contribution in [2.75, 3.05) is 38.7 Å². The highest BCUT2D eigenvalue weighted by Crippen LogP contribution is 2.32. The Labute approximate surface area is 169 Å². The number of ether oxygens (including phenoxy) is 1. The van der Waals surface area contributed by atoms with Crippen LogP contribution in [0.15, 0.2) is 42.9 Å². The summed E-state index contributed by atoms with van der Waals surface area (Å²) in [7, 11) is 5.72. The van der Waals surface area contributed by atoms with Crippen LogP contribution in [0, 0.1) is 5.82 Å². The Bertz CT molecular complexity index is 989. The normalized spacial score (nSPS) is 17.4. The van der Waals surface area contributed by atoms with Gasteiger partial charge in [0.1, 0.15) is 11.9 Å². The Hall–Kier alpha value is -2.84. The first-order valence-electron chi connectivity index (χ1n) is 9.61. The number of halogens is 1. The SMILES string of the molecule is CN(C)c1ncc(-c2cccc(F)c2)c(C2CN(Cc3cnn(C)c3)CCO2)n1. The number of nitrogens with zero attached hydrogens (tertiary/aromatic N) is 6. The van der Waals surface area contributed by atoms with Gasteiger partial charge in [0, 0.05) is 64.3 Å². The molecule has 0 bridgehead atoms. The first kappa shape index (κ1) is 19.5. The highest BCUT2D eigenvalue weighted by atomic mass is 19.1. The molecule has 4 rings (SSSR count). The van der Waals surface area contributed by atoms with Gasteiger partial charge in [0.25, 0.3) is 0 Å². The molecular formula is C21H25FN6O. The molecule has 0 saturated carbocycles. The predicted octanol–water partition coefficient (Wildman–Crippen LogP) is 2.66. The van der Waals surface area contributed by atoms with Crippen molar-refractivity contribution in [2.45, 2.75) is 12.6 Å². The molecule has 3 heterocycles. The minimum absolute atomic E-state index is 0.222. The van der Waals surface area contributed by atoms with Crippen LogP contribution < -0.4 is 4.90 Å². The summed E-state index contributed by atoms with van der Waals surface area (Å²) < 4.78 is 21.8. The number of aromatic nitrogens is 4. The van der Waals surface area contributed by atoms with Gasteiger partial charge in [-0.2, -0.15) is 5.10 Å².